The summed E-state index contributed by atoms with van der Waals surface area (Å²) in [6.07, 6.45) is 7.88. The van der Waals surface area contributed by atoms with Gasteiger partial charge in [0.1, 0.15) is 6.29 Å². The van der Waals surface area contributed by atoms with E-state index >= 15 is 0 Å². The van der Waals surface area contributed by atoms with Crippen LogP contribution < -0.4 is 0 Å². The molecular weight excluding hydrogens is 360 g/mol. The highest BCUT2D eigenvalue weighted by Gasteiger charge is 2.22. The maximum absolute atomic E-state index is 11.4. The van der Waals surface area contributed by atoms with E-state index < -0.39 is 0 Å². The Kier molecular flexibility index (Phi) is 7.40. The van der Waals surface area contributed by atoms with Crippen molar-refractivity contribution in [3.8, 4) is 11.1 Å². The van der Waals surface area contributed by atoms with Crippen molar-refractivity contribution >= 4 is 12.3 Å². The molecule has 0 aliphatic heterocycles. The van der Waals surface area contributed by atoms with Crippen molar-refractivity contribution in [1.29, 1.82) is 0 Å². The molecule has 3 rings (SSSR count). The number of rotatable bonds is 8. The van der Waals surface area contributed by atoms with E-state index in [0.29, 0.717) is 23.7 Å². The number of carbonyl (C=O) groups excluding carboxylic acids is 2. The van der Waals surface area contributed by atoms with Gasteiger partial charge in [-0.2, -0.15) is 0 Å². The van der Waals surface area contributed by atoms with E-state index in [9.17, 15) is 9.59 Å². The second kappa shape index (κ2) is 10.2. The Bertz CT molecular complexity index is 825. The molecule has 0 heterocycles. The van der Waals surface area contributed by atoms with Crippen LogP contribution in [0.25, 0.3) is 11.1 Å². The fraction of sp³-hybridized carbons (Fsp3) is 0.385. The summed E-state index contributed by atoms with van der Waals surface area (Å²) in [6, 6.07) is 16.6. The smallest absolute Gasteiger partial charge is 0.333 e. The minimum Gasteiger partial charge on any atom is -0.462 e. The molecule has 1 fully saturated rings. The molecular formula is C26H30O3. The van der Waals surface area contributed by atoms with Crippen molar-refractivity contribution in [2.45, 2.75) is 51.4 Å². The molecule has 0 atom stereocenters. The normalized spacial score (nSPS) is 18.8. The van der Waals surface area contributed by atoms with Gasteiger partial charge in [0.15, 0.2) is 0 Å². The number of esters is 1. The summed E-state index contributed by atoms with van der Waals surface area (Å²) >= 11 is 0. The van der Waals surface area contributed by atoms with Crippen LogP contribution in [0.15, 0.2) is 60.7 Å². The van der Waals surface area contributed by atoms with Crippen LogP contribution >= 0.6 is 0 Å². The van der Waals surface area contributed by atoms with Crippen LogP contribution in [0.3, 0.4) is 0 Å². The summed E-state index contributed by atoms with van der Waals surface area (Å²) in [7, 11) is 0. The fourth-order valence-electron chi connectivity index (χ4n) is 4.15. The van der Waals surface area contributed by atoms with E-state index in [2.05, 4.69) is 30.8 Å². The molecule has 0 amide bonds. The molecule has 0 N–H and O–H groups in total. The van der Waals surface area contributed by atoms with E-state index in [0.717, 1.165) is 30.6 Å². The molecule has 2 aromatic rings. The number of hydrogen-bond donors (Lipinski definition) is 0. The SMILES string of the molecule is C=C(C)C(=O)OCCCC1CCC(c2ccc(-c3ccc(C=O)cc3)cc2)CC1. The van der Waals surface area contributed by atoms with Crippen LogP contribution in [0, 0.1) is 5.92 Å². The average molecular weight is 391 g/mol. The Labute approximate surface area is 173 Å². The molecule has 0 unspecified atom stereocenters. The molecule has 1 aliphatic rings. The van der Waals surface area contributed by atoms with Crippen LogP contribution in [-0.4, -0.2) is 18.9 Å². The van der Waals surface area contributed by atoms with E-state index in [4.69, 9.17) is 4.74 Å². The van der Waals surface area contributed by atoms with Crippen molar-refractivity contribution in [2.24, 2.45) is 5.92 Å². The highest BCUT2D eigenvalue weighted by Crippen LogP contribution is 2.38. The second-order valence-electron chi connectivity index (χ2n) is 8.14. The van der Waals surface area contributed by atoms with Gasteiger partial charge in [-0.05, 0) is 74.0 Å². The van der Waals surface area contributed by atoms with Crippen molar-refractivity contribution < 1.29 is 14.3 Å². The van der Waals surface area contributed by atoms with Gasteiger partial charge in [-0.15, -0.1) is 0 Å². The maximum atomic E-state index is 11.4. The van der Waals surface area contributed by atoms with Crippen molar-refractivity contribution in [3.05, 3.63) is 71.8 Å². The predicted molar refractivity (Wildman–Crippen MR) is 117 cm³/mol. The molecule has 0 radical (unpaired) electrons. The Morgan fingerprint density at radius 2 is 1.59 bits per heavy atom. The van der Waals surface area contributed by atoms with Gasteiger partial charge in [-0.3, -0.25) is 4.79 Å². The lowest BCUT2D eigenvalue weighted by Gasteiger charge is -2.29. The summed E-state index contributed by atoms with van der Waals surface area (Å²) in [5, 5.41) is 0. The van der Waals surface area contributed by atoms with Gasteiger partial charge < -0.3 is 4.74 Å². The van der Waals surface area contributed by atoms with Crippen LogP contribution in [0.4, 0.5) is 0 Å². The summed E-state index contributed by atoms with van der Waals surface area (Å²) in [6.45, 7) is 5.78. The predicted octanol–water partition coefficient (Wildman–Crippen LogP) is 6.34. The average Bonchev–Trinajstić information content (AvgIpc) is 2.77. The molecule has 1 saturated carbocycles. The second-order valence-corrected chi connectivity index (χ2v) is 8.14. The highest BCUT2D eigenvalue weighted by atomic mass is 16.5. The Morgan fingerprint density at radius 3 is 2.14 bits per heavy atom. The molecule has 0 bridgehead atoms. The number of aldehydes is 1. The van der Waals surface area contributed by atoms with Crippen LogP contribution in [-0.2, 0) is 9.53 Å². The first-order chi connectivity index (χ1) is 14.1. The van der Waals surface area contributed by atoms with E-state index in [1.807, 2.05) is 24.3 Å². The molecule has 1 aliphatic carbocycles. The van der Waals surface area contributed by atoms with Gasteiger partial charge in [0.05, 0.1) is 6.61 Å². The molecule has 0 aromatic heterocycles. The quantitative estimate of drug-likeness (QED) is 0.229. The Balaban J connectivity index is 1.45. The number of ether oxygens (including phenoxy) is 1. The van der Waals surface area contributed by atoms with Gasteiger partial charge in [0.2, 0.25) is 0 Å². The first kappa shape index (κ1) is 21.0. The molecule has 3 heteroatoms. The summed E-state index contributed by atoms with van der Waals surface area (Å²) < 4.78 is 5.19. The monoisotopic (exact) mass is 390 g/mol. The maximum Gasteiger partial charge on any atom is 0.333 e. The highest BCUT2D eigenvalue weighted by molar-refractivity contribution is 5.86. The van der Waals surface area contributed by atoms with Crippen molar-refractivity contribution in [3.63, 3.8) is 0 Å². The lowest BCUT2D eigenvalue weighted by molar-refractivity contribution is -0.139. The number of hydrogen-bond acceptors (Lipinski definition) is 3. The molecule has 29 heavy (non-hydrogen) atoms. The minimum absolute atomic E-state index is 0.281. The molecule has 0 saturated heterocycles. The van der Waals surface area contributed by atoms with Gasteiger partial charge in [-0.25, -0.2) is 4.79 Å². The third-order valence-corrected chi connectivity index (χ3v) is 5.95. The number of carbonyl (C=O) groups is 2. The summed E-state index contributed by atoms with van der Waals surface area (Å²) in [5.41, 5.74) is 4.92. The standard InChI is InChI=1S/C26H30O3/c1-19(2)26(28)29-17-3-4-20-5-9-22(10-6-20)24-13-15-25(16-14-24)23-11-7-21(18-27)8-12-23/h7-8,11-16,18,20,22H,1,3-6,9-10,17H2,2H3. The zero-order valence-electron chi connectivity index (χ0n) is 17.2. The number of benzene rings is 2. The van der Waals surface area contributed by atoms with Crippen molar-refractivity contribution in [1.82, 2.24) is 0 Å². The summed E-state index contributed by atoms with van der Waals surface area (Å²) in [5.74, 6) is 1.10. The van der Waals surface area contributed by atoms with Gasteiger partial charge in [0.25, 0.3) is 0 Å². The minimum atomic E-state index is -0.281. The molecule has 0 spiro atoms. The first-order valence-electron chi connectivity index (χ1n) is 10.5. The lowest BCUT2D eigenvalue weighted by atomic mass is 9.77. The fourth-order valence-corrected chi connectivity index (χ4v) is 4.15. The van der Waals surface area contributed by atoms with E-state index in [1.54, 1.807) is 6.92 Å². The Morgan fingerprint density at radius 1 is 1.00 bits per heavy atom. The molecule has 152 valence electrons. The third-order valence-electron chi connectivity index (χ3n) is 5.95. The van der Waals surface area contributed by atoms with Crippen LogP contribution in [0.2, 0.25) is 0 Å². The topological polar surface area (TPSA) is 43.4 Å². The van der Waals surface area contributed by atoms with Crippen LogP contribution in [0.5, 0.6) is 0 Å². The summed E-state index contributed by atoms with van der Waals surface area (Å²) in [4.78, 5) is 22.2. The van der Waals surface area contributed by atoms with E-state index in [1.165, 1.54) is 36.8 Å². The lowest BCUT2D eigenvalue weighted by Crippen LogP contribution is -2.14. The zero-order chi connectivity index (χ0) is 20.6. The van der Waals surface area contributed by atoms with Gasteiger partial charge in [-0.1, -0.05) is 55.1 Å². The first-order valence-corrected chi connectivity index (χ1v) is 10.5. The van der Waals surface area contributed by atoms with Crippen LogP contribution in [0.1, 0.15) is 67.3 Å². The third kappa shape index (κ3) is 5.90. The molecule has 3 nitrogen and oxygen atoms in total. The van der Waals surface area contributed by atoms with Gasteiger partial charge >= 0.3 is 5.97 Å². The molecule has 2 aromatic carbocycles. The van der Waals surface area contributed by atoms with Gasteiger partial charge in [0, 0.05) is 11.1 Å². The largest absolute Gasteiger partial charge is 0.462 e. The Hall–Kier alpha value is -2.68. The van der Waals surface area contributed by atoms with E-state index in [-0.39, 0.29) is 5.97 Å². The van der Waals surface area contributed by atoms with Crippen molar-refractivity contribution in [2.75, 3.05) is 6.61 Å². The zero-order valence-corrected chi connectivity index (χ0v) is 17.2.